The average Bonchev–Trinajstić information content (AvgIpc) is 2.30. The number of nitrogens with zero attached hydrogens (tertiary/aromatic N) is 2. The van der Waals surface area contributed by atoms with Crippen molar-refractivity contribution in [2.75, 3.05) is 7.11 Å². The first-order valence-electron chi connectivity index (χ1n) is 4.83. The van der Waals surface area contributed by atoms with E-state index in [-0.39, 0.29) is 5.91 Å². The summed E-state index contributed by atoms with van der Waals surface area (Å²) in [6.07, 6.45) is 0. The number of carbonyl (C=O) groups excluding carboxylic acids is 1. The lowest BCUT2D eigenvalue weighted by Crippen LogP contribution is -2.19. The van der Waals surface area contributed by atoms with Crippen molar-refractivity contribution >= 4 is 5.91 Å². The molecule has 1 amide bonds. The third-order valence-electron chi connectivity index (χ3n) is 1.42. The number of nitrogens with one attached hydrogen (secondary N) is 1. The number of hydrogen-bond donors (Lipinski definition) is 1. The summed E-state index contributed by atoms with van der Waals surface area (Å²) in [5.41, 5.74) is 0.705. The van der Waals surface area contributed by atoms with Gasteiger partial charge in [-0.2, -0.15) is 5.10 Å². The third-order valence-corrected chi connectivity index (χ3v) is 1.42. The van der Waals surface area contributed by atoms with Crippen molar-refractivity contribution in [2.45, 2.75) is 27.3 Å². The molecule has 0 aromatic carbocycles. The van der Waals surface area contributed by atoms with Crippen LogP contribution in [-0.4, -0.2) is 23.2 Å². The van der Waals surface area contributed by atoms with E-state index in [1.54, 1.807) is 12.1 Å². The molecule has 0 fully saturated rings. The predicted molar refractivity (Wildman–Crippen MR) is 57.5 cm³/mol. The first kappa shape index (κ1) is 13.4. The van der Waals surface area contributed by atoms with Gasteiger partial charge < -0.3 is 10.1 Å². The Labute approximate surface area is 89.9 Å². The Morgan fingerprint density at radius 2 is 2.07 bits per heavy atom. The van der Waals surface area contributed by atoms with E-state index in [1.165, 1.54) is 14.0 Å². The van der Waals surface area contributed by atoms with Gasteiger partial charge in [-0.1, -0.05) is 13.8 Å². The predicted octanol–water partition coefficient (Wildman–Crippen LogP) is 1.15. The van der Waals surface area contributed by atoms with E-state index in [2.05, 4.69) is 15.5 Å². The fraction of sp³-hybridized carbons (Fsp3) is 0.500. The molecule has 1 N–H and O–H groups in total. The molecule has 0 aliphatic rings. The Kier molecular flexibility index (Phi) is 6.88. The zero-order valence-corrected chi connectivity index (χ0v) is 9.57. The summed E-state index contributed by atoms with van der Waals surface area (Å²) >= 11 is 0. The molecule has 1 heterocycles. The SMILES string of the molecule is CC.COc1ccc(CNC(C)=O)nn1. The number of ether oxygens (including phenoxy) is 1. The molecule has 0 atom stereocenters. The maximum atomic E-state index is 10.6. The first-order chi connectivity index (χ1) is 7.22. The van der Waals surface area contributed by atoms with E-state index in [1.807, 2.05) is 13.8 Å². The van der Waals surface area contributed by atoms with Gasteiger partial charge in [0.15, 0.2) is 0 Å². The van der Waals surface area contributed by atoms with Gasteiger partial charge in [-0.05, 0) is 6.07 Å². The molecular formula is C10H17N3O2. The van der Waals surface area contributed by atoms with Gasteiger partial charge in [-0.25, -0.2) is 0 Å². The zero-order chi connectivity index (χ0) is 11.7. The van der Waals surface area contributed by atoms with Crippen LogP contribution in [0.1, 0.15) is 26.5 Å². The van der Waals surface area contributed by atoms with Crippen LogP contribution in [0.5, 0.6) is 5.88 Å². The highest BCUT2D eigenvalue weighted by atomic mass is 16.5. The number of rotatable bonds is 3. The highest BCUT2D eigenvalue weighted by molar-refractivity contribution is 5.72. The summed E-state index contributed by atoms with van der Waals surface area (Å²) in [7, 11) is 1.53. The van der Waals surface area contributed by atoms with Gasteiger partial charge in [0.2, 0.25) is 11.8 Å². The van der Waals surface area contributed by atoms with Crippen molar-refractivity contribution < 1.29 is 9.53 Å². The fourth-order valence-corrected chi connectivity index (χ4v) is 0.766. The summed E-state index contributed by atoms with van der Waals surface area (Å²) in [5, 5.41) is 10.2. The Balaban J connectivity index is 0.000000921. The standard InChI is InChI=1S/C8H11N3O2.C2H6/c1-6(12)9-5-7-3-4-8(13-2)11-10-7;1-2/h3-4H,5H2,1-2H3,(H,9,12);1-2H3. The Bertz CT molecular complexity index is 285. The molecular weight excluding hydrogens is 194 g/mol. The van der Waals surface area contributed by atoms with Crippen molar-refractivity contribution in [3.05, 3.63) is 17.8 Å². The third kappa shape index (κ3) is 5.61. The van der Waals surface area contributed by atoms with E-state index in [0.717, 1.165) is 0 Å². The molecule has 0 radical (unpaired) electrons. The lowest BCUT2D eigenvalue weighted by molar-refractivity contribution is -0.119. The molecule has 1 aromatic heterocycles. The fourth-order valence-electron chi connectivity index (χ4n) is 0.766. The molecule has 0 saturated heterocycles. The van der Waals surface area contributed by atoms with E-state index in [9.17, 15) is 4.79 Å². The topological polar surface area (TPSA) is 64.1 Å². The maximum absolute atomic E-state index is 10.6. The van der Waals surface area contributed by atoms with Crippen molar-refractivity contribution in [2.24, 2.45) is 0 Å². The van der Waals surface area contributed by atoms with Crippen LogP contribution in [0.4, 0.5) is 0 Å². The van der Waals surface area contributed by atoms with Crippen molar-refractivity contribution in [1.82, 2.24) is 15.5 Å². The smallest absolute Gasteiger partial charge is 0.233 e. The molecule has 1 aromatic rings. The van der Waals surface area contributed by atoms with Gasteiger partial charge in [-0.15, -0.1) is 5.10 Å². The molecule has 0 saturated carbocycles. The van der Waals surface area contributed by atoms with Crippen LogP contribution >= 0.6 is 0 Å². The van der Waals surface area contributed by atoms with Gasteiger partial charge in [0.1, 0.15) is 0 Å². The maximum Gasteiger partial charge on any atom is 0.233 e. The summed E-state index contributed by atoms with van der Waals surface area (Å²) in [5.74, 6) is 0.379. The average molecular weight is 211 g/mol. The molecule has 1 rings (SSSR count). The molecule has 0 unspecified atom stereocenters. The molecule has 0 bridgehead atoms. The van der Waals surface area contributed by atoms with Crippen molar-refractivity contribution in [1.29, 1.82) is 0 Å². The first-order valence-corrected chi connectivity index (χ1v) is 4.83. The van der Waals surface area contributed by atoms with Crippen LogP contribution in [0.25, 0.3) is 0 Å². The molecule has 84 valence electrons. The van der Waals surface area contributed by atoms with Gasteiger partial charge in [0.05, 0.1) is 19.3 Å². The normalized spacial score (nSPS) is 8.53. The molecule has 0 aliphatic heterocycles. The second-order valence-electron chi connectivity index (χ2n) is 2.48. The number of carbonyl (C=O) groups is 1. The van der Waals surface area contributed by atoms with Crippen molar-refractivity contribution in [3.8, 4) is 5.88 Å². The summed E-state index contributed by atoms with van der Waals surface area (Å²) in [6.45, 7) is 5.85. The van der Waals surface area contributed by atoms with Gasteiger partial charge in [0.25, 0.3) is 0 Å². The summed E-state index contributed by atoms with van der Waals surface area (Å²) in [4.78, 5) is 10.6. The lowest BCUT2D eigenvalue weighted by Gasteiger charge is -2.01. The largest absolute Gasteiger partial charge is 0.480 e. The van der Waals surface area contributed by atoms with Crippen LogP contribution in [0.3, 0.4) is 0 Å². The molecule has 5 heteroatoms. The monoisotopic (exact) mass is 211 g/mol. The minimum Gasteiger partial charge on any atom is -0.480 e. The van der Waals surface area contributed by atoms with Gasteiger partial charge >= 0.3 is 0 Å². The van der Waals surface area contributed by atoms with E-state index >= 15 is 0 Å². The number of hydrogen-bond acceptors (Lipinski definition) is 4. The van der Waals surface area contributed by atoms with Gasteiger partial charge in [0, 0.05) is 13.0 Å². The Morgan fingerprint density at radius 3 is 2.47 bits per heavy atom. The lowest BCUT2D eigenvalue weighted by atomic mass is 10.4. The van der Waals surface area contributed by atoms with Crippen LogP contribution in [-0.2, 0) is 11.3 Å². The van der Waals surface area contributed by atoms with Crippen LogP contribution < -0.4 is 10.1 Å². The second kappa shape index (κ2) is 7.73. The highest BCUT2D eigenvalue weighted by Crippen LogP contribution is 2.02. The molecule has 5 nitrogen and oxygen atoms in total. The number of methoxy groups -OCH3 is 1. The quantitative estimate of drug-likeness (QED) is 0.814. The van der Waals surface area contributed by atoms with Crippen molar-refractivity contribution in [3.63, 3.8) is 0 Å². The Hall–Kier alpha value is -1.65. The summed E-state index contributed by atoms with van der Waals surface area (Å²) < 4.78 is 4.83. The van der Waals surface area contributed by atoms with Gasteiger partial charge in [-0.3, -0.25) is 4.79 Å². The molecule has 0 spiro atoms. The van der Waals surface area contributed by atoms with Crippen LogP contribution in [0.15, 0.2) is 12.1 Å². The zero-order valence-electron chi connectivity index (χ0n) is 9.57. The van der Waals surface area contributed by atoms with Crippen LogP contribution in [0, 0.1) is 0 Å². The van der Waals surface area contributed by atoms with E-state index in [4.69, 9.17) is 4.74 Å². The number of aromatic nitrogens is 2. The van der Waals surface area contributed by atoms with Crippen LogP contribution in [0.2, 0.25) is 0 Å². The van der Waals surface area contributed by atoms with E-state index in [0.29, 0.717) is 18.1 Å². The Morgan fingerprint density at radius 1 is 1.40 bits per heavy atom. The minimum absolute atomic E-state index is 0.0855. The molecule has 0 aliphatic carbocycles. The molecule has 15 heavy (non-hydrogen) atoms. The minimum atomic E-state index is -0.0855. The second-order valence-corrected chi connectivity index (χ2v) is 2.48. The summed E-state index contributed by atoms with van der Waals surface area (Å²) in [6, 6.07) is 3.45. The number of amides is 1. The van der Waals surface area contributed by atoms with E-state index < -0.39 is 0 Å². The highest BCUT2D eigenvalue weighted by Gasteiger charge is 1.97.